The van der Waals surface area contributed by atoms with Gasteiger partial charge in [0.25, 0.3) is 0 Å². The van der Waals surface area contributed by atoms with Gasteiger partial charge < -0.3 is 10.0 Å². The van der Waals surface area contributed by atoms with Gasteiger partial charge in [0.15, 0.2) is 5.65 Å². The lowest BCUT2D eigenvalue weighted by Gasteiger charge is -2.25. The Kier molecular flexibility index (Phi) is 4.55. The van der Waals surface area contributed by atoms with Crippen LogP contribution >= 0.6 is 22.6 Å². The lowest BCUT2D eigenvalue weighted by atomic mass is 10.1. The Bertz CT molecular complexity index is 971. The normalized spacial score (nSPS) is 17.4. The Morgan fingerprint density at radius 1 is 1.23 bits per heavy atom. The number of fused-ring (bicyclic) bond motifs is 1. The van der Waals surface area contributed by atoms with Gasteiger partial charge in [-0.2, -0.15) is 5.10 Å². The van der Waals surface area contributed by atoms with E-state index >= 15 is 0 Å². The Hall–Kier alpha value is -1.81. The number of hydrogen-bond donors (Lipinski definition) is 1. The van der Waals surface area contributed by atoms with Gasteiger partial charge in [0.05, 0.1) is 27.6 Å². The first-order valence-corrected chi connectivity index (χ1v) is 9.45. The number of aromatic nitrogens is 3. The summed E-state index contributed by atoms with van der Waals surface area (Å²) >= 11 is 2.18. The van der Waals surface area contributed by atoms with Gasteiger partial charge in [-0.3, -0.25) is 0 Å². The summed E-state index contributed by atoms with van der Waals surface area (Å²) in [4.78, 5) is 6.78. The number of hydrogen-bond acceptors (Lipinski definition) is 4. The third kappa shape index (κ3) is 2.94. The largest absolute Gasteiger partial charge is 0.394 e. The fourth-order valence-corrected chi connectivity index (χ4v) is 3.92. The summed E-state index contributed by atoms with van der Waals surface area (Å²) in [7, 11) is 0. The number of benzene rings is 1. The molecule has 3 aromatic rings. The minimum Gasteiger partial charge on any atom is -0.394 e. The van der Waals surface area contributed by atoms with Crippen molar-refractivity contribution >= 4 is 34.1 Å². The number of aryl methyl sites for hydroxylation is 1. The van der Waals surface area contributed by atoms with Crippen LogP contribution in [0.4, 0.5) is 14.6 Å². The molecule has 1 atom stereocenters. The van der Waals surface area contributed by atoms with E-state index in [0.29, 0.717) is 22.7 Å². The monoisotopic (exact) mass is 470 g/mol. The summed E-state index contributed by atoms with van der Waals surface area (Å²) in [5, 5.41) is 14.1. The van der Waals surface area contributed by atoms with E-state index in [1.807, 2.05) is 6.92 Å². The van der Waals surface area contributed by atoms with Crippen molar-refractivity contribution in [2.45, 2.75) is 25.8 Å². The molecule has 26 heavy (non-hydrogen) atoms. The van der Waals surface area contributed by atoms with E-state index in [4.69, 9.17) is 4.98 Å². The molecule has 1 aliphatic heterocycles. The van der Waals surface area contributed by atoms with Gasteiger partial charge >= 0.3 is 0 Å². The highest BCUT2D eigenvalue weighted by Gasteiger charge is 2.27. The number of aliphatic hydroxyl groups is 1. The van der Waals surface area contributed by atoms with Crippen LogP contribution in [-0.2, 0) is 0 Å². The summed E-state index contributed by atoms with van der Waals surface area (Å²) in [5.74, 6) is -0.592. The van der Waals surface area contributed by atoms with E-state index in [0.717, 1.165) is 34.7 Å². The molecule has 0 saturated carbocycles. The summed E-state index contributed by atoms with van der Waals surface area (Å²) < 4.78 is 30.1. The first kappa shape index (κ1) is 17.6. The van der Waals surface area contributed by atoms with E-state index in [2.05, 4.69) is 32.6 Å². The number of rotatable bonds is 3. The molecule has 5 nitrogen and oxygen atoms in total. The molecule has 4 rings (SSSR count). The average Bonchev–Trinajstić information content (AvgIpc) is 3.18. The maximum atomic E-state index is 13.8. The highest BCUT2D eigenvalue weighted by molar-refractivity contribution is 14.1. The zero-order valence-corrected chi connectivity index (χ0v) is 16.2. The van der Waals surface area contributed by atoms with Gasteiger partial charge in [0, 0.05) is 24.2 Å². The van der Waals surface area contributed by atoms with Crippen molar-refractivity contribution in [2.24, 2.45) is 0 Å². The van der Waals surface area contributed by atoms with E-state index in [9.17, 15) is 13.9 Å². The van der Waals surface area contributed by atoms with Crippen molar-refractivity contribution in [3.8, 4) is 11.3 Å². The van der Waals surface area contributed by atoms with Crippen LogP contribution in [0.1, 0.15) is 18.5 Å². The molecule has 1 aliphatic rings. The Balaban J connectivity index is 1.97. The van der Waals surface area contributed by atoms with Crippen LogP contribution in [0.2, 0.25) is 0 Å². The minimum absolute atomic E-state index is 0.00345. The molecule has 0 aliphatic carbocycles. The zero-order chi connectivity index (χ0) is 18.4. The molecule has 2 aromatic heterocycles. The van der Waals surface area contributed by atoms with Gasteiger partial charge in [-0.1, -0.05) is 0 Å². The highest BCUT2D eigenvalue weighted by atomic mass is 127. The second kappa shape index (κ2) is 6.73. The van der Waals surface area contributed by atoms with Crippen molar-refractivity contribution < 1.29 is 13.9 Å². The van der Waals surface area contributed by atoms with E-state index < -0.39 is 11.6 Å². The topological polar surface area (TPSA) is 53.7 Å². The van der Waals surface area contributed by atoms with Gasteiger partial charge in [-0.05, 0) is 54.5 Å². The molecule has 1 aromatic carbocycles. The molecule has 1 fully saturated rings. The van der Waals surface area contributed by atoms with Crippen LogP contribution in [0.25, 0.3) is 16.9 Å². The van der Waals surface area contributed by atoms with Gasteiger partial charge in [0.1, 0.15) is 17.5 Å². The molecule has 0 unspecified atom stereocenters. The Morgan fingerprint density at radius 2 is 1.96 bits per heavy atom. The third-order valence-corrected chi connectivity index (χ3v) is 5.98. The van der Waals surface area contributed by atoms with Crippen molar-refractivity contribution in [1.29, 1.82) is 0 Å². The fourth-order valence-electron chi connectivity index (χ4n) is 3.47. The first-order chi connectivity index (χ1) is 12.5. The van der Waals surface area contributed by atoms with Crippen molar-refractivity contribution in [2.75, 3.05) is 18.1 Å². The molecule has 3 heterocycles. The quantitative estimate of drug-likeness (QED) is 0.596. The molecular weight excluding hydrogens is 453 g/mol. The standard InChI is InChI=1S/C18H17F2IN4O/c1-10-17(21)18-22-16(24-4-2-3-14(24)9-26)8-15(25(18)23-10)11-5-12(19)7-13(20)6-11/h5-8,14,26H,2-4,9H2,1H3/t14-/m0/s1. The molecule has 136 valence electrons. The molecule has 0 radical (unpaired) electrons. The van der Waals surface area contributed by atoms with E-state index in [1.54, 1.807) is 10.6 Å². The van der Waals surface area contributed by atoms with Crippen molar-refractivity contribution in [3.63, 3.8) is 0 Å². The van der Waals surface area contributed by atoms with Crippen LogP contribution < -0.4 is 4.90 Å². The summed E-state index contributed by atoms with van der Waals surface area (Å²) in [6, 6.07) is 5.22. The van der Waals surface area contributed by atoms with Crippen molar-refractivity contribution in [3.05, 3.63) is 45.2 Å². The average molecular weight is 470 g/mol. The van der Waals surface area contributed by atoms with E-state index in [1.165, 1.54) is 12.1 Å². The molecule has 8 heteroatoms. The van der Waals surface area contributed by atoms with Crippen LogP contribution in [-0.4, -0.2) is 38.9 Å². The summed E-state index contributed by atoms with van der Waals surface area (Å²) in [6.07, 6.45) is 1.86. The third-order valence-electron chi connectivity index (χ3n) is 4.72. The fraction of sp³-hybridized carbons (Fsp3) is 0.333. The van der Waals surface area contributed by atoms with E-state index in [-0.39, 0.29) is 12.6 Å². The number of nitrogens with zero attached hydrogens (tertiary/aromatic N) is 4. The van der Waals surface area contributed by atoms with Crippen molar-refractivity contribution in [1.82, 2.24) is 14.6 Å². The Morgan fingerprint density at radius 3 is 2.65 bits per heavy atom. The minimum atomic E-state index is -0.639. The first-order valence-electron chi connectivity index (χ1n) is 8.38. The predicted molar refractivity (Wildman–Crippen MR) is 103 cm³/mol. The summed E-state index contributed by atoms with van der Waals surface area (Å²) in [6.45, 7) is 2.71. The lowest BCUT2D eigenvalue weighted by molar-refractivity contribution is 0.266. The lowest BCUT2D eigenvalue weighted by Crippen LogP contribution is -2.32. The van der Waals surface area contributed by atoms with Crippen LogP contribution in [0, 0.1) is 22.1 Å². The predicted octanol–water partition coefficient (Wildman–Crippen LogP) is 3.55. The molecule has 1 saturated heterocycles. The molecule has 0 bridgehead atoms. The molecule has 0 amide bonds. The number of aliphatic hydroxyl groups excluding tert-OH is 1. The number of anilines is 1. The van der Waals surface area contributed by atoms with Gasteiger partial charge in [-0.15, -0.1) is 0 Å². The van der Waals surface area contributed by atoms with Crippen LogP contribution in [0.15, 0.2) is 24.3 Å². The van der Waals surface area contributed by atoms with Gasteiger partial charge in [0.2, 0.25) is 0 Å². The highest BCUT2D eigenvalue weighted by Crippen LogP contribution is 2.31. The van der Waals surface area contributed by atoms with Crippen LogP contribution in [0.3, 0.4) is 0 Å². The molecule has 0 spiro atoms. The SMILES string of the molecule is Cc1nn2c(-c3cc(F)cc(F)c3)cc(N3CCC[C@H]3CO)nc2c1I. The maximum absolute atomic E-state index is 13.8. The second-order valence-electron chi connectivity index (χ2n) is 6.46. The smallest absolute Gasteiger partial charge is 0.171 e. The second-order valence-corrected chi connectivity index (χ2v) is 7.54. The van der Waals surface area contributed by atoms with Crippen LogP contribution in [0.5, 0.6) is 0 Å². The zero-order valence-electron chi connectivity index (χ0n) is 14.1. The Labute approximate surface area is 162 Å². The number of halogens is 3. The molecular formula is C18H17F2IN4O. The molecule has 1 N–H and O–H groups in total. The summed E-state index contributed by atoms with van der Waals surface area (Å²) in [5.41, 5.74) is 2.41. The maximum Gasteiger partial charge on any atom is 0.171 e. The van der Waals surface area contributed by atoms with Gasteiger partial charge in [-0.25, -0.2) is 18.3 Å².